The Kier molecular flexibility index (Phi) is 5.51. The first-order chi connectivity index (χ1) is 14.2. The van der Waals surface area contributed by atoms with Crippen LogP contribution >= 0.6 is 11.3 Å². The van der Waals surface area contributed by atoms with Crippen molar-refractivity contribution in [1.29, 1.82) is 0 Å². The molecule has 3 saturated heterocycles. The fourth-order valence-corrected chi connectivity index (χ4v) is 5.66. The summed E-state index contributed by atoms with van der Waals surface area (Å²) in [5, 5.41) is 24.6. The summed E-state index contributed by atoms with van der Waals surface area (Å²) in [6.07, 6.45) is 2.14. The van der Waals surface area contributed by atoms with E-state index in [4.69, 9.17) is 4.98 Å². The molecule has 3 aliphatic heterocycles. The second-order valence-electron chi connectivity index (χ2n) is 8.20. The van der Waals surface area contributed by atoms with Gasteiger partial charge in [-0.25, -0.2) is 4.98 Å². The molecule has 0 aliphatic carbocycles. The summed E-state index contributed by atoms with van der Waals surface area (Å²) >= 11 is 1.59. The number of para-hydroxylation sites is 1. The van der Waals surface area contributed by atoms with Gasteiger partial charge in [0, 0.05) is 25.7 Å². The summed E-state index contributed by atoms with van der Waals surface area (Å²) in [7, 11) is 0. The van der Waals surface area contributed by atoms with Crippen LogP contribution in [0.2, 0.25) is 0 Å². The van der Waals surface area contributed by atoms with Crippen LogP contribution in [0.15, 0.2) is 24.3 Å². The summed E-state index contributed by atoms with van der Waals surface area (Å²) < 4.78 is 1.10. The van der Waals surface area contributed by atoms with Crippen molar-refractivity contribution in [3.8, 4) is 0 Å². The Labute approximate surface area is 174 Å². The Bertz CT molecular complexity index is 837. The molecule has 9 heteroatoms. The van der Waals surface area contributed by atoms with Gasteiger partial charge in [0.1, 0.15) is 17.2 Å². The molecule has 4 heterocycles. The van der Waals surface area contributed by atoms with E-state index in [-0.39, 0.29) is 24.5 Å². The maximum atomic E-state index is 13.2. The number of likely N-dealkylation sites (tertiary alicyclic amines) is 1. The molecule has 2 aromatic rings. The molecular weight excluding hydrogens is 388 g/mol. The highest BCUT2D eigenvalue weighted by Gasteiger charge is 2.42. The average molecular weight is 417 g/mol. The number of piperidine rings is 1. The smallest absolute Gasteiger partial charge is 0.235 e. The second kappa shape index (κ2) is 8.25. The molecule has 3 aliphatic rings. The van der Waals surface area contributed by atoms with Crippen molar-refractivity contribution < 1.29 is 9.90 Å². The zero-order valence-electron chi connectivity index (χ0n) is 16.3. The molecular formula is C20H28N6O2S. The SMILES string of the molecule is O=C1NC(N2CC[C@@H](O)C2)NC(N[C@@H]2CCCNC2)C1c1nc2ccccc2s1. The van der Waals surface area contributed by atoms with Gasteiger partial charge in [-0.05, 0) is 37.9 Å². The fraction of sp³-hybridized carbons (Fsp3) is 0.600. The molecule has 0 radical (unpaired) electrons. The van der Waals surface area contributed by atoms with Gasteiger partial charge in [0.2, 0.25) is 5.91 Å². The average Bonchev–Trinajstić information content (AvgIpc) is 3.34. The number of fused-ring (bicyclic) bond motifs is 1. The minimum atomic E-state index is -0.391. The van der Waals surface area contributed by atoms with Crippen LogP contribution in [0.1, 0.15) is 30.2 Å². The van der Waals surface area contributed by atoms with Crippen LogP contribution in [0.3, 0.4) is 0 Å². The van der Waals surface area contributed by atoms with Gasteiger partial charge >= 0.3 is 0 Å². The van der Waals surface area contributed by atoms with Gasteiger partial charge in [-0.15, -0.1) is 11.3 Å². The lowest BCUT2D eigenvalue weighted by Gasteiger charge is -2.42. The molecule has 0 bridgehead atoms. The van der Waals surface area contributed by atoms with E-state index < -0.39 is 5.92 Å². The first-order valence-corrected chi connectivity index (χ1v) is 11.3. The number of aliphatic hydroxyl groups is 1. The summed E-state index contributed by atoms with van der Waals surface area (Å²) in [5.74, 6) is -0.409. The standard InChI is InChI=1S/C20H28N6O2S/c27-13-7-9-26(11-13)20-24-17(22-12-4-3-8-21-10-12)16(18(28)25-20)19-23-14-5-1-2-6-15(14)29-19/h1-2,5-6,12-13,16-17,20-22,24,27H,3-4,7-11H2,(H,25,28)/t12-,13-,16?,17?,20?/m1/s1. The number of benzene rings is 1. The zero-order chi connectivity index (χ0) is 19.8. The topological polar surface area (TPSA) is 102 Å². The number of hydrogen-bond donors (Lipinski definition) is 5. The lowest BCUT2D eigenvalue weighted by Crippen LogP contribution is -2.70. The normalized spacial score (nSPS) is 33.8. The molecule has 5 atom stereocenters. The van der Waals surface area contributed by atoms with Gasteiger partial charge < -0.3 is 15.7 Å². The molecule has 1 aromatic carbocycles. The van der Waals surface area contributed by atoms with E-state index in [2.05, 4.69) is 26.2 Å². The summed E-state index contributed by atoms with van der Waals surface area (Å²) in [6, 6.07) is 8.33. The van der Waals surface area contributed by atoms with Crippen molar-refractivity contribution in [3.63, 3.8) is 0 Å². The Morgan fingerprint density at radius 1 is 1.28 bits per heavy atom. The quantitative estimate of drug-likeness (QED) is 0.483. The number of nitrogens with zero attached hydrogens (tertiary/aromatic N) is 2. The van der Waals surface area contributed by atoms with Crippen molar-refractivity contribution in [2.75, 3.05) is 26.2 Å². The van der Waals surface area contributed by atoms with Gasteiger partial charge in [0.05, 0.1) is 22.5 Å². The van der Waals surface area contributed by atoms with Crippen LogP contribution in [-0.4, -0.2) is 71.7 Å². The Morgan fingerprint density at radius 3 is 2.93 bits per heavy atom. The molecule has 0 saturated carbocycles. The first kappa shape index (κ1) is 19.3. The van der Waals surface area contributed by atoms with Crippen molar-refractivity contribution in [1.82, 2.24) is 31.2 Å². The highest BCUT2D eigenvalue weighted by Crippen LogP contribution is 2.31. The predicted octanol–water partition coefficient (Wildman–Crippen LogP) is 0.117. The highest BCUT2D eigenvalue weighted by atomic mass is 32.1. The molecule has 1 aromatic heterocycles. The third kappa shape index (κ3) is 4.03. The molecule has 29 heavy (non-hydrogen) atoms. The van der Waals surface area contributed by atoms with E-state index in [1.807, 2.05) is 24.3 Å². The molecule has 8 nitrogen and oxygen atoms in total. The lowest BCUT2D eigenvalue weighted by molar-refractivity contribution is -0.129. The van der Waals surface area contributed by atoms with E-state index in [0.717, 1.165) is 54.1 Å². The largest absolute Gasteiger partial charge is 0.392 e. The molecule has 3 unspecified atom stereocenters. The number of carbonyl (C=O) groups is 1. The van der Waals surface area contributed by atoms with Crippen LogP contribution in [0.4, 0.5) is 0 Å². The lowest BCUT2D eigenvalue weighted by atomic mass is 10.00. The summed E-state index contributed by atoms with van der Waals surface area (Å²) in [5.41, 5.74) is 0.933. The maximum Gasteiger partial charge on any atom is 0.235 e. The third-order valence-corrected chi connectivity index (χ3v) is 7.20. The number of thiazole rings is 1. The Morgan fingerprint density at radius 2 is 2.17 bits per heavy atom. The Hall–Kier alpha value is -1.62. The fourth-order valence-electron chi connectivity index (χ4n) is 4.55. The van der Waals surface area contributed by atoms with E-state index >= 15 is 0 Å². The molecule has 5 rings (SSSR count). The number of hydrogen-bond acceptors (Lipinski definition) is 8. The van der Waals surface area contributed by atoms with Gasteiger partial charge in [-0.3, -0.25) is 20.3 Å². The molecule has 156 valence electrons. The number of β-amino-alcohol motifs (C(OH)–C–C–N with tert-alkyl or cyclic N) is 1. The van der Waals surface area contributed by atoms with Crippen LogP contribution in [0, 0.1) is 0 Å². The van der Waals surface area contributed by atoms with Crippen LogP contribution in [0.25, 0.3) is 10.2 Å². The number of rotatable bonds is 4. The van der Waals surface area contributed by atoms with E-state index in [1.54, 1.807) is 11.3 Å². The van der Waals surface area contributed by atoms with Crippen molar-refractivity contribution in [3.05, 3.63) is 29.3 Å². The van der Waals surface area contributed by atoms with Gasteiger partial charge in [-0.2, -0.15) is 0 Å². The highest BCUT2D eigenvalue weighted by molar-refractivity contribution is 7.18. The molecule has 0 spiro atoms. The number of aliphatic hydroxyl groups excluding tert-OH is 1. The van der Waals surface area contributed by atoms with E-state index in [0.29, 0.717) is 12.6 Å². The summed E-state index contributed by atoms with van der Waals surface area (Å²) in [6.45, 7) is 3.29. The zero-order valence-corrected chi connectivity index (χ0v) is 17.1. The van der Waals surface area contributed by atoms with Crippen LogP contribution < -0.4 is 21.3 Å². The minimum Gasteiger partial charge on any atom is -0.392 e. The number of amides is 1. The molecule has 1 amide bonds. The Balaban J connectivity index is 1.41. The monoisotopic (exact) mass is 416 g/mol. The third-order valence-electron chi connectivity index (χ3n) is 6.08. The van der Waals surface area contributed by atoms with Gasteiger partial charge in [0.15, 0.2) is 0 Å². The van der Waals surface area contributed by atoms with Crippen LogP contribution in [0.5, 0.6) is 0 Å². The second-order valence-corrected chi connectivity index (χ2v) is 9.26. The maximum absolute atomic E-state index is 13.2. The van der Waals surface area contributed by atoms with Gasteiger partial charge in [0.25, 0.3) is 0 Å². The number of aromatic nitrogens is 1. The molecule has 3 fully saturated rings. The van der Waals surface area contributed by atoms with E-state index in [9.17, 15) is 9.90 Å². The van der Waals surface area contributed by atoms with Crippen molar-refractivity contribution in [2.24, 2.45) is 0 Å². The molecule has 5 N–H and O–H groups in total. The predicted molar refractivity (Wildman–Crippen MR) is 112 cm³/mol. The first-order valence-electron chi connectivity index (χ1n) is 10.5. The van der Waals surface area contributed by atoms with Crippen molar-refractivity contribution >= 4 is 27.5 Å². The van der Waals surface area contributed by atoms with Crippen molar-refractivity contribution in [2.45, 2.75) is 49.8 Å². The summed E-state index contributed by atoms with van der Waals surface area (Å²) in [4.78, 5) is 20.1. The van der Waals surface area contributed by atoms with Crippen LogP contribution in [-0.2, 0) is 4.79 Å². The van der Waals surface area contributed by atoms with E-state index in [1.165, 1.54) is 0 Å². The van der Waals surface area contributed by atoms with Gasteiger partial charge in [-0.1, -0.05) is 12.1 Å². The minimum absolute atomic E-state index is 0.0181. The number of carbonyl (C=O) groups excluding carboxylic acids is 1. The number of nitrogens with one attached hydrogen (secondary N) is 4.